The molecule has 2 aromatic rings. The average molecular weight is 333 g/mol. The number of benzene rings is 1. The van der Waals surface area contributed by atoms with Crippen molar-refractivity contribution < 1.29 is 4.79 Å². The Kier molecular flexibility index (Phi) is 3.59. The molecule has 0 radical (unpaired) electrons. The third-order valence-electron chi connectivity index (χ3n) is 5.14. The van der Waals surface area contributed by atoms with E-state index in [4.69, 9.17) is 17.3 Å². The lowest BCUT2D eigenvalue weighted by atomic mass is 10.0. The van der Waals surface area contributed by atoms with E-state index in [-0.39, 0.29) is 18.0 Å². The van der Waals surface area contributed by atoms with Gasteiger partial charge in [-0.3, -0.25) is 9.69 Å². The van der Waals surface area contributed by atoms with E-state index in [1.54, 1.807) is 0 Å². The Morgan fingerprint density at radius 2 is 2.26 bits per heavy atom. The van der Waals surface area contributed by atoms with E-state index in [1.165, 1.54) is 11.3 Å². The number of halogens is 1. The largest absolute Gasteiger partial charge is 0.357 e. The summed E-state index contributed by atoms with van der Waals surface area (Å²) in [6.45, 7) is 2.18. The van der Waals surface area contributed by atoms with E-state index in [0.29, 0.717) is 6.54 Å². The van der Waals surface area contributed by atoms with Gasteiger partial charge in [0.2, 0.25) is 5.91 Å². The minimum absolute atomic E-state index is 0.0830. The molecular weight excluding hydrogens is 312 g/mol. The highest BCUT2D eigenvalue weighted by molar-refractivity contribution is 6.35. The molecule has 1 saturated heterocycles. The van der Waals surface area contributed by atoms with E-state index in [0.717, 1.165) is 41.9 Å². The summed E-state index contributed by atoms with van der Waals surface area (Å²) in [5, 5.41) is 1.86. The van der Waals surface area contributed by atoms with Gasteiger partial charge >= 0.3 is 0 Å². The van der Waals surface area contributed by atoms with Gasteiger partial charge in [-0.1, -0.05) is 23.7 Å². The topological polar surface area (TPSA) is 65.4 Å². The fraction of sp³-hybridized carbons (Fsp3) is 0.471. The molecule has 3 heterocycles. The number of aromatic amines is 1. The van der Waals surface area contributed by atoms with Crippen molar-refractivity contribution in [3.63, 3.8) is 0 Å². The molecule has 1 amide bonds. The lowest BCUT2D eigenvalue weighted by Crippen LogP contribution is -2.46. The second kappa shape index (κ2) is 5.51. The Labute approximate surface area is 140 Å². The summed E-state index contributed by atoms with van der Waals surface area (Å²) in [5.74, 6) is 0.197. The van der Waals surface area contributed by atoms with Gasteiger partial charge in [-0.15, -0.1) is 0 Å². The average Bonchev–Trinajstić information content (AvgIpc) is 3.07. The highest BCUT2D eigenvalue weighted by Gasteiger charge is 2.36. The fourth-order valence-electron chi connectivity index (χ4n) is 3.93. The maximum atomic E-state index is 12.9. The van der Waals surface area contributed by atoms with Crippen LogP contribution in [0.2, 0.25) is 5.02 Å². The van der Waals surface area contributed by atoms with Crippen molar-refractivity contribution in [2.45, 2.75) is 31.5 Å². The molecule has 1 fully saturated rings. The third kappa shape index (κ3) is 2.43. The number of carbonyl (C=O) groups excluding carboxylic acids is 1. The zero-order chi connectivity index (χ0) is 16.1. The highest BCUT2D eigenvalue weighted by atomic mass is 35.5. The molecular formula is C17H21ClN4O. The Bertz CT molecular complexity index is 771. The molecule has 2 aliphatic heterocycles. The Hall–Kier alpha value is -1.56. The molecule has 0 unspecified atom stereocenters. The summed E-state index contributed by atoms with van der Waals surface area (Å²) in [6.07, 6.45) is 1.59. The number of rotatable bonds is 1. The zero-order valence-corrected chi connectivity index (χ0v) is 13.9. The number of aromatic nitrogens is 1. The molecule has 2 atom stereocenters. The first-order valence-electron chi connectivity index (χ1n) is 8.07. The molecule has 23 heavy (non-hydrogen) atoms. The van der Waals surface area contributed by atoms with Gasteiger partial charge in [0.05, 0.1) is 16.6 Å². The van der Waals surface area contributed by atoms with Crippen molar-refractivity contribution in [2.75, 3.05) is 20.1 Å². The van der Waals surface area contributed by atoms with E-state index in [1.807, 2.05) is 24.1 Å². The van der Waals surface area contributed by atoms with Crippen LogP contribution in [0.1, 0.15) is 17.7 Å². The number of H-pyrrole nitrogens is 1. The van der Waals surface area contributed by atoms with Gasteiger partial charge in [-0.25, -0.2) is 0 Å². The summed E-state index contributed by atoms with van der Waals surface area (Å²) in [6, 6.07) is 5.94. The number of amides is 1. The molecule has 122 valence electrons. The summed E-state index contributed by atoms with van der Waals surface area (Å²) in [4.78, 5) is 20.4. The molecule has 0 bridgehead atoms. The molecule has 3 N–H and O–H groups in total. The SMILES string of the molecule is CN1C[C@@H](N)C[C@H]1C(=O)N1CCc2[nH]c3c(Cl)cccc3c2C1. The number of fused-ring (bicyclic) bond motifs is 3. The number of likely N-dealkylation sites (N-methyl/N-ethyl adjacent to an activating group) is 1. The number of nitrogens with zero attached hydrogens (tertiary/aromatic N) is 2. The number of carbonyl (C=O) groups is 1. The monoisotopic (exact) mass is 332 g/mol. The highest BCUT2D eigenvalue weighted by Crippen LogP contribution is 2.32. The van der Waals surface area contributed by atoms with Crippen molar-refractivity contribution >= 4 is 28.4 Å². The van der Waals surface area contributed by atoms with Crippen LogP contribution in [0.25, 0.3) is 10.9 Å². The van der Waals surface area contributed by atoms with E-state index in [2.05, 4.69) is 16.0 Å². The smallest absolute Gasteiger partial charge is 0.240 e. The van der Waals surface area contributed by atoms with E-state index < -0.39 is 0 Å². The van der Waals surface area contributed by atoms with Gasteiger partial charge in [-0.2, -0.15) is 0 Å². The predicted molar refractivity (Wildman–Crippen MR) is 91.4 cm³/mol. The van der Waals surface area contributed by atoms with Crippen molar-refractivity contribution in [1.82, 2.24) is 14.8 Å². The second-order valence-electron chi connectivity index (χ2n) is 6.71. The van der Waals surface area contributed by atoms with E-state index >= 15 is 0 Å². The fourth-order valence-corrected chi connectivity index (χ4v) is 4.15. The van der Waals surface area contributed by atoms with Gasteiger partial charge in [0.25, 0.3) is 0 Å². The maximum absolute atomic E-state index is 12.9. The Morgan fingerprint density at radius 3 is 3.00 bits per heavy atom. The van der Waals surface area contributed by atoms with Crippen LogP contribution in [0.15, 0.2) is 18.2 Å². The summed E-state index contributed by atoms with van der Waals surface area (Å²) in [7, 11) is 1.98. The molecule has 1 aromatic carbocycles. The molecule has 2 aliphatic rings. The van der Waals surface area contributed by atoms with Crippen LogP contribution < -0.4 is 5.73 Å². The van der Waals surface area contributed by atoms with Crippen LogP contribution in [0, 0.1) is 0 Å². The molecule has 1 aromatic heterocycles. The van der Waals surface area contributed by atoms with Crippen LogP contribution in [0.3, 0.4) is 0 Å². The molecule has 6 heteroatoms. The van der Waals surface area contributed by atoms with Crippen molar-refractivity contribution in [2.24, 2.45) is 5.73 Å². The van der Waals surface area contributed by atoms with Gasteiger partial charge in [0.15, 0.2) is 0 Å². The Balaban J connectivity index is 1.62. The minimum atomic E-state index is -0.0830. The normalized spacial score (nSPS) is 25.1. The molecule has 0 saturated carbocycles. The van der Waals surface area contributed by atoms with E-state index in [9.17, 15) is 4.79 Å². The van der Waals surface area contributed by atoms with Gasteiger partial charge < -0.3 is 15.6 Å². The Morgan fingerprint density at radius 1 is 1.43 bits per heavy atom. The van der Waals surface area contributed by atoms with Gasteiger partial charge in [-0.05, 0) is 19.5 Å². The first-order chi connectivity index (χ1) is 11.0. The minimum Gasteiger partial charge on any atom is -0.357 e. The molecule has 4 rings (SSSR count). The number of para-hydroxylation sites is 1. The van der Waals surface area contributed by atoms with Crippen LogP contribution in [0.5, 0.6) is 0 Å². The van der Waals surface area contributed by atoms with Crippen molar-refractivity contribution in [1.29, 1.82) is 0 Å². The van der Waals surface area contributed by atoms with Crippen molar-refractivity contribution in [3.05, 3.63) is 34.5 Å². The number of nitrogens with two attached hydrogens (primary N) is 1. The van der Waals surface area contributed by atoms with Crippen LogP contribution in [-0.4, -0.2) is 52.9 Å². The summed E-state index contributed by atoms with van der Waals surface area (Å²) in [5.41, 5.74) is 9.39. The number of hydrogen-bond donors (Lipinski definition) is 2. The number of nitrogens with one attached hydrogen (secondary N) is 1. The third-order valence-corrected chi connectivity index (χ3v) is 5.45. The lowest BCUT2D eigenvalue weighted by Gasteiger charge is -2.31. The van der Waals surface area contributed by atoms with Crippen LogP contribution in [-0.2, 0) is 17.8 Å². The molecule has 0 spiro atoms. The summed E-state index contributed by atoms with van der Waals surface area (Å²) >= 11 is 6.28. The quantitative estimate of drug-likeness (QED) is 0.836. The van der Waals surface area contributed by atoms with Gasteiger partial charge in [0, 0.05) is 48.7 Å². The first-order valence-corrected chi connectivity index (χ1v) is 8.45. The molecule has 5 nitrogen and oxygen atoms in total. The number of likely N-dealkylation sites (tertiary alicyclic amines) is 1. The maximum Gasteiger partial charge on any atom is 0.240 e. The predicted octanol–water partition coefficient (Wildman–Crippen LogP) is 1.74. The number of hydrogen-bond acceptors (Lipinski definition) is 3. The standard InChI is InChI=1S/C17H21ClN4O/c1-21-8-10(19)7-15(21)17(23)22-6-5-14-12(9-22)11-3-2-4-13(18)16(11)20-14/h2-4,10,15,20H,5-9,19H2,1H3/t10-,15-/m0/s1. The van der Waals surface area contributed by atoms with Crippen LogP contribution >= 0.6 is 11.6 Å². The lowest BCUT2D eigenvalue weighted by molar-refractivity contribution is -0.136. The zero-order valence-electron chi connectivity index (χ0n) is 13.2. The van der Waals surface area contributed by atoms with Crippen LogP contribution in [0.4, 0.5) is 0 Å². The second-order valence-corrected chi connectivity index (χ2v) is 7.11. The molecule has 0 aliphatic carbocycles. The first kappa shape index (κ1) is 15.0. The van der Waals surface area contributed by atoms with Crippen molar-refractivity contribution in [3.8, 4) is 0 Å². The van der Waals surface area contributed by atoms with Gasteiger partial charge in [0.1, 0.15) is 0 Å². The summed E-state index contributed by atoms with van der Waals surface area (Å²) < 4.78 is 0.